The lowest BCUT2D eigenvalue weighted by Gasteiger charge is -2.05. The number of aromatic nitrogens is 3. The zero-order chi connectivity index (χ0) is 15.6. The summed E-state index contributed by atoms with van der Waals surface area (Å²) in [6, 6.07) is 16.9. The van der Waals surface area contributed by atoms with Gasteiger partial charge in [-0.05, 0) is 30.3 Å². The van der Waals surface area contributed by atoms with Crippen molar-refractivity contribution in [3.8, 4) is 5.69 Å². The van der Waals surface area contributed by atoms with Crippen molar-refractivity contribution in [1.29, 1.82) is 0 Å². The number of anilines is 1. The van der Waals surface area contributed by atoms with Crippen LogP contribution in [0.3, 0.4) is 0 Å². The first kappa shape index (κ1) is 13.3. The highest BCUT2D eigenvalue weighted by Crippen LogP contribution is 2.19. The van der Waals surface area contributed by atoms with E-state index in [1.165, 1.54) is 6.26 Å². The molecule has 0 aliphatic heterocycles. The van der Waals surface area contributed by atoms with Gasteiger partial charge in [-0.1, -0.05) is 23.4 Å². The van der Waals surface area contributed by atoms with Crippen LogP contribution in [0.4, 0.5) is 5.82 Å². The van der Waals surface area contributed by atoms with E-state index in [-0.39, 0.29) is 5.91 Å². The number of hydrogen-bond acceptors (Lipinski definition) is 4. The summed E-state index contributed by atoms with van der Waals surface area (Å²) in [5.41, 5.74) is 3.23. The third-order valence-corrected chi connectivity index (χ3v) is 3.52. The third-order valence-electron chi connectivity index (χ3n) is 3.52. The van der Waals surface area contributed by atoms with E-state index in [0.29, 0.717) is 11.4 Å². The molecule has 0 aliphatic rings. The van der Waals surface area contributed by atoms with Gasteiger partial charge in [0.2, 0.25) is 0 Å². The molecule has 0 radical (unpaired) electrons. The van der Waals surface area contributed by atoms with E-state index in [0.717, 1.165) is 16.7 Å². The topological polar surface area (TPSA) is 73.0 Å². The smallest absolute Gasteiger partial charge is 0.256 e. The molecule has 6 nitrogen and oxygen atoms in total. The Hall–Kier alpha value is -3.41. The number of rotatable bonds is 3. The number of fused-ring (bicyclic) bond motifs is 1. The summed E-state index contributed by atoms with van der Waals surface area (Å²) < 4.78 is 6.67. The van der Waals surface area contributed by atoms with Crippen LogP contribution >= 0.6 is 0 Å². The van der Waals surface area contributed by atoms with Crippen molar-refractivity contribution in [3.05, 3.63) is 72.8 Å². The lowest BCUT2D eigenvalue weighted by atomic mass is 10.2. The van der Waals surface area contributed by atoms with Crippen molar-refractivity contribution in [1.82, 2.24) is 14.7 Å². The van der Waals surface area contributed by atoms with Gasteiger partial charge in [-0.25, -0.2) is 4.98 Å². The summed E-state index contributed by atoms with van der Waals surface area (Å²) in [5.74, 6) is 0.125. The van der Waals surface area contributed by atoms with Crippen molar-refractivity contribution in [2.45, 2.75) is 0 Å². The molecule has 0 bridgehead atoms. The molecule has 0 saturated heterocycles. The Morgan fingerprint density at radius 2 is 1.96 bits per heavy atom. The Balaban J connectivity index is 1.68. The second kappa shape index (κ2) is 5.42. The lowest BCUT2D eigenvalue weighted by Crippen LogP contribution is -2.11. The van der Waals surface area contributed by atoms with Crippen molar-refractivity contribution >= 4 is 22.8 Å². The van der Waals surface area contributed by atoms with Gasteiger partial charge in [-0.15, -0.1) is 0 Å². The fourth-order valence-corrected chi connectivity index (χ4v) is 2.41. The summed E-state index contributed by atoms with van der Waals surface area (Å²) in [6.45, 7) is 0. The van der Waals surface area contributed by atoms with Crippen LogP contribution in [0.15, 0.2) is 71.7 Å². The summed E-state index contributed by atoms with van der Waals surface area (Å²) in [4.78, 5) is 16.6. The highest BCUT2D eigenvalue weighted by molar-refractivity contribution is 6.05. The van der Waals surface area contributed by atoms with Gasteiger partial charge >= 0.3 is 0 Å². The Kier molecular flexibility index (Phi) is 3.12. The Morgan fingerprint density at radius 3 is 2.74 bits per heavy atom. The first-order valence-electron chi connectivity index (χ1n) is 7.05. The maximum Gasteiger partial charge on any atom is 0.256 e. The maximum absolute atomic E-state index is 12.2. The molecule has 2 aromatic carbocycles. The van der Waals surface area contributed by atoms with Gasteiger partial charge in [0.25, 0.3) is 5.91 Å². The van der Waals surface area contributed by atoms with Crippen molar-refractivity contribution in [2.24, 2.45) is 0 Å². The average molecular weight is 304 g/mol. The number of carbonyl (C=O) groups is 1. The van der Waals surface area contributed by atoms with E-state index >= 15 is 0 Å². The summed E-state index contributed by atoms with van der Waals surface area (Å²) in [5, 5.41) is 6.32. The standard InChI is InChI=1S/C17H12N4O2/c22-17(19-16-8-9-23-20-16)12-6-7-15-14(10-12)18-11-21(15)13-4-2-1-3-5-13/h1-11H,(H,19,20,22). The predicted octanol–water partition coefficient (Wildman–Crippen LogP) is 3.27. The van der Waals surface area contributed by atoms with E-state index in [2.05, 4.69) is 15.5 Å². The molecule has 112 valence electrons. The normalized spacial score (nSPS) is 10.8. The highest BCUT2D eigenvalue weighted by Gasteiger charge is 2.11. The molecule has 6 heteroatoms. The van der Waals surface area contributed by atoms with Gasteiger partial charge in [0.15, 0.2) is 5.82 Å². The number of para-hydroxylation sites is 1. The number of carbonyl (C=O) groups excluding carboxylic acids is 1. The van der Waals surface area contributed by atoms with Gasteiger partial charge < -0.3 is 9.84 Å². The molecule has 23 heavy (non-hydrogen) atoms. The van der Waals surface area contributed by atoms with Crippen molar-refractivity contribution in [2.75, 3.05) is 5.32 Å². The molecule has 1 amide bonds. The number of nitrogens with one attached hydrogen (secondary N) is 1. The molecule has 2 aromatic heterocycles. The molecule has 2 heterocycles. The van der Waals surface area contributed by atoms with Gasteiger partial charge in [0, 0.05) is 17.3 Å². The number of imidazole rings is 1. The van der Waals surface area contributed by atoms with Crippen LogP contribution in [0.2, 0.25) is 0 Å². The first-order chi connectivity index (χ1) is 11.3. The Bertz CT molecular complexity index is 959. The number of benzene rings is 2. The van der Waals surface area contributed by atoms with E-state index in [9.17, 15) is 4.79 Å². The zero-order valence-corrected chi connectivity index (χ0v) is 12.0. The molecule has 4 rings (SSSR count). The minimum atomic E-state index is -0.255. The maximum atomic E-state index is 12.2. The second-order valence-corrected chi connectivity index (χ2v) is 4.99. The van der Waals surface area contributed by atoms with Crippen LogP contribution in [0.5, 0.6) is 0 Å². The van der Waals surface area contributed by atoms with Crippen LogP contribution in [-0.4, -0.2) is 20.6 Å². The second-order valence-electron chi connectivity index (χ2n) is 4.99. The average Bonchev–Trinajstić information content (AvgIpc) is 3.24. The Labute approximate surface area is 131 Å². The predicted molar refractivity (Wildman–Crippen MR) is 85.5 cm³/mol. The molecule has 0 atom stereocenters. The van der Waals surface area contributed by atoms with Crippen molar-refractivity contribution < 1.29 is 9.32 Å². The minimum Gasteiger partial charge on any atom is -0.363 e. The molecular formula is C17H12N4O2. The van der Waals surface area contributed by atoms with E-state index in [1.54, 1.807) is 24.5 Å². The molecule has 0 aliphatic carbocycles. The van der Waals surface area contributed by atoms with Crippen LogP contribution < -0.4 is 5.32 Å². The SMILES string of the molecule is O=C(Nc1ccon1)c1ccc2c(c1)ncn2-c1ccccc1. The van der Waals surface area contributed by atoms with Crippen LogP contribution in [0.1, 0.15) is 10.4 Å². The van der Waals surface area contributed by atoms with Crippen LogP contribution in [0, 0.1) is 0 Å². The number of nitrogens with zero attached hydrogens (tertiary/aromatic N) is 3. The molecular weight excluding hydrogens is 292 g/mol. The monoisotopic (exact) mass is 304 g/mol. The molecule has 1 N–H and O–H groups in total. The molecule has 0 fully saturated rings. The van der Waals surface area contributed by atoms with Gasteiger partial charge in [0.1, 0.15) is 12.6 Å². The minimum absolute atomic E-state index is 0.255. The fraction of sp³-hybridized carbons (Fsp3) is 0. The molecule has 0 spiro atoms. The Morgan fingerprint density at radius 1 is 1.09 bits per heavy atom. The molecule has 0 unspecified atom stereocenters. The quantitative estimate of drug-likeness (QED) is 0.630. The first-order valence-corrected chi connectivity index (χ1v) is 7.05. The van der Waals surface area contributed by atoms with Crippen LogP contribution in [-0.2, 0) is 0 Å². The van der Waals surface area contributed by atoms with Crippen molar-refractivity contribution in [3.63, 3.8) is 0 Å². The molecule has 0 saturated carbocycles. The summed E-state index contributed by atoms with van der Waals surface area (Å²) >= 11 is 0. The largest absolute Gasteiger partial charge is 0.363 e. The lowest BCUT2D eigenvalue weighted by molar-refractivity contribution is 0.102. The highest BCUT2D eigenvalue weighted by atomic mass is 16.5. The number of amides is 1. The number of hydrogen-bond donors (Lipinski definition) is 1. The zero-order valence-electron chi connectivity index (χ0n) is 12.0. The van der Waals surface area contributed by atoms with E-state index in [4.69, 9.17) is 4.52 Å². The summed E-state index contributed by atoms with van der Waals surface area (Å²) in [6.07, 6.45) is 3.15. The van der Waals surface area contributed by atoms with Gasteiger partial charge in [0.05, 0.1) is 11.0 Å². The van der Waals surface area contributed by atoms with E-state index < -0.39 is 0 Å². The van der Waals surface area contributed by atoms with E-state index in [1.807, 2.05) is 41.0 Å². The van der Waals surface area contributed by atoms with Gasteiger partial charge in [-0.2, -0.15) is 0 Å². The fourth-order valence-electron chi connectivity index (χ4n) is 2.41. The van der Waals surface area contributed by atoms with Crippen LogP contribution in [0.25, 0.3) is 16.7 Å². The van der Waals surface area contributed by atoms with Gasteiger partial charge in [-0.3, -0.25) is 9.36 Å². The third kappa shape index (κ3) is 2.46. The summed E-state index contributed by atoms with van der Waals surface area (Å²) in [7, 11) is 0. The molecule has 4 aromatic rings.